The number of carbonyl (C=O) groups is 1. The Morgan fingerprint density at radius 1 is 1.31 bits per heavy atom. The van der Waals surface area contributed by atoms with E-state index in [9.17, 15) is 4.79 Å². The highest BCUT2D eigenvalue weighted by atomic mass is 16.6. The minimum atomic E-state index is -0.260. The van der Waals surface area contributed by atoms with Gasteiger partial charge in [-0.1, -0.05) is 0 Å². The molecule has 0 aromatic heterocycles. The molecule has 1 spiro atoms. The minimum absolute atomic E-state index is 0.190. The van der Waals surface area contributed by atoms with Crippen LogP contribution in [0.1, 0.15) is 33.6 Å². The Hall–Kier alpha value is -0.770. The van der Waals surface area contributed by atoms with E-state index in [1.165, 1.54) is 0 Å². The molecule has 0 radical (unpaired) electrons. The van der Waals surface area contributed by atoms with Crippen LogP contribution in [0.3, 0.4) is 0 Å². The van der Waals surface area contributed by atoms with Gasteiger partial charge in [0.1, 0.15) is 6.61 Å². The Morgan fingerprint density at radius 2 is 1.94 bits per heavy atom. The third-order valence-corrected chi connectivity index (χ3v) is 3.89. The van der Waals surface area contributed by atoms with Crippen molar-refractivity contribution in [2.24, 2.45) is 5.41 Å². The molecule has 0 saturated carbocycles. The highest BCUT2D eigenvalue weighted by molar-refractivity contribution is 5.68. The molecule has 16 heavy (non-hydrogen) atoms. The molecule has 2 saturated heterocycles. The first kappa shape index (κ1) is 11.7. The van der Waals surface area contributed by atoms with E-state index >= 15 is 0 Å². The molecule has 0 aliphatic carbocycles. The molecule has 0 bridgehead atoms. The molecule has 92 valence electrons. The van der Waals surface area contributed by atoms with Crippen molar-refractivity contribution in [3.05, 3.63) is 0 Å². The van der Waals surface area contributed by atoms with Crippen molar-refractivity contribution >= 4 is 6.09 Å². The average Bonchev–Trinajstić information content (AvgIpc) is 2.22. The minimum Gasteiger partial charge on any atom is -0.449 e. The smallest absolute Gasteiger partial charge is 0.407 e. The number of carbonyl (C=O) groups excluding carboxylic acids is 1. The highest BCUT2D eigenvalue weighted by Gasteiger charge is 2.40. The van der Waals surface area contributed by atoms with Crippen LogP contribution >= 0.6 is 0 Å². The number of alkyl carbamates (subject to hydrolysis) is 1. The summed E-state index contributed by atoms with van der Waals surface area (Å²) in [6.45, 7) is 10.3. The molecule has 1 amide bonds. The van der Waals surface area contributed by atoms with Crippen LogP contribution in [0.5, 0.6) is 0 Å². The van der Waals surface area contributed by atoms with Crippen LogP contribution in [-0.4, -0.2) is 42.8 Å². The number of hydrogen-bond donors (Lipinski definition) is 1. The third kappa shape index (κ3) is 2.32. The molecular weight excluding hydrogens is 204 g/mol. The average molecular weight is 226 g/mol. The number of likely N-dealkylation sites (tertiary alicyclic amines) is 1. The summed E-state index contributed by atoms with van der Waals surface area (Å²) in [6, 6.07) is 0. The number of cyclic esters (lactones) is 1. The predicted molar refractivity (Wildman–Crippen MR) is 62.3 cm³/mol. The van der Waals surface area contributed by atoms with Crippen molar-refractivity contribution in [2.45, 2.75) is 39.2 Å². The zero-order chi connectivity index (χ0) is 11.8. The van der Waals surface area contributed by atoms with Crippen molar-refractivity contribution in [3.63, 3.8) is 0 Å². The summed E-state index contributed by atoms with van der Waals surface area (Å²) in [5, 5.41) is 2.82. The molecular formula is C12H22N2O2. The van der Waals surface area contributed by atoms with Crippen molar-refractivity contribution in [1.82, 2.24) is 10.2 Å². The van der Waals surface area contributed by atoms with Gasteiger partial charge in [0, 0.05) is 17.5 Å². The lowest BCUT2D eigenvalue weighted by Crippen LogP contribution is -2.55. The summed E-state index contributed by atoms with van der Waals surface area (Å²) in [5.41, 5.74) is 0.441. The Kier molecular flexibility index (Phi) is 2.86. The highest BCUT2D eigenvalue weighted by Crippen LogP contribution is 2.35. The summed E-state index contributed by atoms with van der Waals surface area (Å²) in [6.07, 6.45) is 1.97. The van der Waals surface area contributed by atoms with E-state index in [2.05, 4.69) is 31.0 Å². The maximum absolute atomic E-state index is 11.0. The van der Waals surface area contributed by atoms with Crippen LogP contribution < -0.4 is 5.32 Å². The second-order valence-corrected chi connectivity index (χ2v) is 6.09. The zero-order valence-electron chi connectivity index (χ0n) is 10.5. The number of nitrogens with one attached hydrogen (secondary N) is 1. The second-order valence-electron chi connectivity index (χ2n) is 6.09. The van der Waals surface area contributed by atoms with Gasteiger partial charge in [0.15, 0.2) is 0 Å². The molecule has 2 heterocycles. The fraction of sp³-hybridized carbons (Fsp3) is 0.917. The van der Waals surface area contributed by atoms with Crippen LogP contribution in [0.4, 0.5) is 4.79 Å². The van der Waals surface area contributed by atoms with E-state index in [-0.39, 0.29) is 17.0 Å². The van der Waals surface area contributed by atoms with Gasteiger partial charge in [0.2, 0.25) is 0 Å². The normalized spacial score (nSPS) is 26.3. The first-order chi connectivity index (χ1) is 7.41. The Morgan fingerprint density at radius 3 is 2.38 bits per heavy atom. The summed E-state index contributed by atoms with van der Waals surface area (Å²) in [4.78, 5) is 13.5. The lowest BCUT2D eigenvalue weighted by molar-refractivity contribution is -0.0148. The fourth-order valence-electron chi connectivity index (χ4n) is 2.55. The summed E-state index contributed by atoms with van der Waals surface area (Å²) in [7, 11) is 0. The molecule has 2 aliphatic rings. The monoisotopic (exact) mass is 226 g/mol. The van der Waals surface area contributed by atoms with Crippen molar-refractivity contribution < 1.29 is 9.53 Å². The zero-order valence-corrected chi connectivity index (χ0v) is 10.5. The molecule has 2 fully saturated rings. The number of hydrogen-bond acceptors (Lipinski definition) is 3. The van der Waals surface area contributed by atoms with Crippen LogP contribution in [0, 0.1) is 5.41 Å². The second kappa shape index (κ2) is 3.91. The molecule has 4 nitrogen and oxygen atoms in total. The Bertz CT molecular complexity index is 263. The largest absolute Gasteiger partial charge is 0.449 e. The maximum Gasteiger partial charge on any atom is 0.407 e. The predicted octanol–water partition coefficient (Wildman–Crippen LogP) is 1.61. The van der Waals surface area contributed by atoms with Crippen molar-refractivity contribution in [3.8, 4) is 0 Å². The van der Waals surface area contributed by atoms with E-state index in [0.717, 1.165) is 32.5 Å². The molecule has 2 rings (SSSR count). The lowest BCUT2D eigenvalue weighted by atomic mass is 9.77. The van der Waals surface area contributed by atoms with Gasteiger partial charge in [-0.3, -0.25) is 4.90 Å². The molecule has 2 aliphatic heterocycles. The molecule has 0 aromatic rings. The summed E-state index contributed by atoms with van der Waals surface area (Å²) >= 11 is 0. The van der Waals surface area contributed by atoms with Gasteiger partial charge in [0.25, 0.3) is 0 Å². The fourth-order valence-corrected chi connectivity index (χ4v) is 2.55. The lowest BCUT2D eigenvalue weighted by Gasteiger charge is -2.47. The van der Waals surface area contributed by atoms with E-state index < -0.39 is 0 Å². The summed E-state index contributed by atoms with van der Waals surface area (Å²) < 4.78 is 5.12. The van der Waals surface area contributed by atoms with Crippen molar-refractivity contribution in [2.75, 3.05) is 26.2 Å². The Balaban J connectivity index is 1.92. The van der Waals surface area contributed by atoms with E-state index in [1.54, 1.807) is 0 Å². The van der Waals surface area contributed by atoms with Gasteiger partial charge in [-0.15, -0.1) is 0 Å². The van der Waals surface area contributed by atoms with E-state index in [1.807, 2.05) is 0 Å². The van der Waals surface area contributed by atoms with Gasteiger partial charge < -0.3 is 10.1 Å². The van der Waals surface area contributed by atoms with Gasteiger partial charge in [-0.05, 0) is 46.7 Å². The van der Waals surface area contributed by atoms with Crippen LogP contribution in [-0.2, 0) is 4.74 Å². The van der Waals surface area contributed by atoms with Crippen LogP contribution in [0.2, 0.25) is 0 Å². The molecule has 4 heteroatoms. The quantitative estimate of drug-likeness (QED) is 0.682. The third-order valence-electron chi connectivity index (χ3n) is 3.89. The van der Waals surface area contributed by atoms with Gasteiger partial charge in [-0.2, -0.15) is 0 Å². The van der Waals surface area contributed by atoms with Crippen LogP contribution in [0.15, 0.2) is 0 Å². The number of piperidine rings is 1. The summed E-state index contributed by atoms with van der Waals surface area (Å²) in [5.74, 6) is 0. The SMILES string of the molecule is CC(C)(C)N1CCC2(CC1)CNC(=O)OC2. The Labute approximate surface area is 97.3 Å². The van der Waals surface area contributed by atoms with Crippen molar-refractivity contribution in [1.29, 1.82) is 0 Å². The number of nitrogens with zero attached hydrogens (tertiary/aromatic N) is 1. The molecule has 0 atom stereocenters. The number of ether oxygens (including phenoxy) is 1. The standard InChI is InChI=1S/C12H22N2O2/c1-11(2,3)14-6-4-12(5-7-14)8-13-10(15)16-9-12/h4-9H2,1-3H3,(H,13,15). The first-order valence-electron chi connectivity index (χ1n) is 6.07. The topological polar surface area (TPSA) is 41.6 Å². The van der Waals surface area contributed by atoms with Gasteiger partial charge >= 0.3 is 6.09 Å². The number of rotatable bonds is 0. The van der Waals surface area contributed by atoms with Gasteiger partial charge in [0.05, 0.1) is 0 Å². The first-order valence-corrected chi connectivity index (χ1v) is 6.07. The van der Waals surface area contributed by atoms with Gasteiger partial charge in [-0.25, -0.2) is 4.79 Å². The number of amides is 1. The molecule has 1 N–H and O–H groups in total. The molecule has 0 aromatic carbocycles. The van der Waals surface area contributed by atoms with E-state index in [0.29, 0.717) is 6.61 Å². The maximum atomic E-state index is 11.0. The van der Waals surface area contributed by atoms with Crippen LogP contribution in [0.25, 0.3) is 0 Å². The van der Waals surface area contributed by atoms with E-state index in [4.69, 9.17) is 4.74 Å². The molecule has 0 unspecified atom stereocenters.